The number of carbonyl (C=O) groups excluding carboxylic acids is 1. The van der Waals surface area contributed by atoms with Gasteiger partial charge in [0.15, 0.2) is 10.8 Å². The third-order valence-corrected chi connectivity index (χ3v) is 4.47. The number of non-ortho nitro benzene ring substituents is 1. The number of halogens is 2. The smallest absolute Gasteiger partial charge is 0.289 e. The maximum Gasteiger partial charge on any atom is 0.289 e. The molecule has 0 aliphatic carbocycles. The average Bonchev–Trinajstić information content (AvgIpc) is 2.63. The monoisotopic (exact) mass is 442 g/mol. The van der Waals surface area contributed by atoms with E-state index in [2.05, 4.69) is 10.4 Å². The second-order valence-corrected chi connectivity index (χ2v) is 7.87. The van der Waals surface area contributed by atoms with E-state index in [0.29, 0.717) is 6.42 Å². The number of hydrogen-bond donors (Lipinski definition) is 1. The molecule has 0 spiro atoms. The van der Waals surface area contributed by atoms with Gasteiger partial charge in [0.1, 0.15) is 0 Å². The van der Waals surface area contributed by atoms with Gasteiger partial charge in [-0.1, -0.05) is 23.2 Å². The number of carbonyl (C=O) groups is 1. The highest BCUT2D eigenvalue weighted by Crippen LogP contribution is 2.22. The highest BCUT2D eigenvalue weighted by Gasteiger charge is 2.20. The van der Waals surface area contributed by atoms with Crippen LogP contribution >= 0.6 is 23.2 Å². The minimum Gasteiger partial charge on any atom is -0.490 e. The summed E-state index contributed by atoms with van der Waals surface area (Å²) in [4.78, 5) is 34.6. The standard InChI is InChI=1S/C18H20Cl2N4O5/c1-18(2,3)23-17(26)15(20)14(10-22-23)29-8-4-7-21-16(25)12-9-11(24(27)28)5-6-13(12)19/h5-6,9-10H,4,7-8H2,1-3H3,(H,21,25). The Morgan fingerprint density at radius 1 is 1.34 bits per heavy atom. The Hall–Kier alpha value is -2.65. The molecule has 11 heteroatoms. The zero-order chi connectivity index (χ0) is 21.8. The summed E-state index contributed by atoms with van der Waals surface area (Å²) in [5.74, 6) is -0.378. The highest BCUT2D eigenvalue weighted by molar-refractivity contribution is 6.34. The third kappa shape index (κ3) is 5.68. The van der Waals surface area contributed by atoms with Crippen LogP contribution in [0.3, 0.4) is 0 Å². The molecule has 0 saturated heterocycles. The average molecular weight is 443 g/mol. The number of nitro groups is 1. The van der Waals surface area contributed by atoms with E-state index in [4.69, 9.17) is 27.9 Å². The van der Waals surface area contributed by atoms with E-state index in [0.717, 1.165) is 6.07 Å². The molecule has 0 fully saturated rings. The quantitative estimate of drug-likeness (QED) is 0.398. The largest absolute Gasteiger partial charge is 0.490 e. The maximum atomic E-state index is 12.2. The van der Waals surface area contributed by atoms with Gasteiger partial charge in [-0.05, 0) is 33.3 Å². The number of benzene rings is 1. The van der Waals surface area contributed by atoms with Gasteiger partial charge in [0, 0.05) is 18.7 Å². The van der Waals surface area contributed by atoms with Crippen molar-refractivity contribution in [1.82, 2.24) is 15.1 Å². The van der Waals surface area contributed by atoms with Crippen molar-refractivity contribution in [3.8, 4) is 5.75 Å². The molecule has 2 rings (SSSR count). The number of hydrogen-bond acceptors (Lipinski definition) is 6. The van der Waals surface area contributed by atoms with Gasteiger partial charge in [0.05, 0.1) is 33.9 Å². The molecule has 1 amide bonds. The fourth-order valence-corrected chi connectivity index (χ4v) is 2.74. The first-order valence-electron chi connectivity index (χ1n) is 8.65. The lowest BCUT2D eigenvalue weighted by molar-refractivity contribution is -0.384. The number of ether oxygens (including phenoxy) is 1. The van der Waals surface area contributed by atoms with Gasteiger partial charge in [-0.2, -0.15) is 5.10 Å². The van der Waals surface area contributed by atoms with Crippen molar-refractivity contribution < 1.29 is 14.5 Å². The Morgan fingerprint density at radius 2 is 2.03 bits per heavy atom. The minimum atomic E-state index is -0.605. The zero-order valence-corrected chi connectivity index (χ0v) is 17.6. The first-order valence-corrected chi connectivity index (χ1v) is 9.41. The zero-order valence-electron chi connectivity index (χ0n) is 16.1. The molecule has 2 aromatic rings. The molecule has 0 bridgehead atoms. The molecule has 1 heterocycles. The molecular formula is C18H20Cl2N4O5. The number of amides is 1. The first-order chi connectivity index (χ1) is 13.5. The normalized spacial score (nSPS) is 11.2. The number of aromatic nitrogens is 2. The Morgan fingerprint density at radius 3 is 2.66 bits per heavy atom. The van der Waals surface area contributed by atoms with Crippen molar-refractivity contribution in [2.75, 3.05) is 13.2 Å². The summed E-state index contributed by atoms with van der Waals surface area (Å²) in [5, 5.41) is 17.5. The third-order valence-electron chi connectivity index (χ3n) is 3.79. The van der Waals surface area contributed by atoms with Gasteiger partial charge in [0.2, 0.25) is 0 Å². The fraction of sp³-hybridized carbons (Fsp3) is 0.389. The molecule has 0 unspecified atom stereocenters. The van der Waals surface area contributed by atoms with Gasteiger partial charge < -0.3 is 10.1 Å². The molecule has 156 valence electrons. The van der Waals surface area contributed by atoms with E-state index in [1.54, 1.807) is 0 Å². The lowest BCUT2D eigenvalue weighted by Gasteiger charge is -2.21. The predicted molar refractivity (Wildman–Crippen MR) is 109 cm³/mol. The highest BCUT2D eigenvalue weighted by atomic mass is 35.5. The molecule has 0 aliphatic heterocycles. The van der Waals surface area contributed by atoms with Gasteiger partial charge in [0.25, 0.3) is 17.2 Å². The lowest BCUT2D eigenvalue weighted by atomic mass is 10.1. The van der Waals surface area contributed by atoms with Gasteiger partial charge >= 0.3 is 0 Å². The van der Waals surface area contributed by atoms with E-state index in [-0.39, 0.29) is 40.2 Å². The van der Waals surface area contributed by atoms with E-state index < -0.39 is 21.9 Å². The predicted octanol–water partition coefficient (Wildman–Crippen LogP) is 3.41. The molecule has 29 heavy (non-hydrogen) atoms. The van der Waals surface area contributed by atoms with Crippen LogP contribution in [0.15, 0.2) is 29.2 Å². The van der Waals surface area contributed by atoms with E-state index >= 15 is 0 Å². The Kier molecular flexibility index (Phi) is 7.21. The summed E-state index contributed by atoms with van der Waals surface area (Å²) in [6.07, 6.45) is 1.77. The van der Waals surface area contributed by atoms with Gasteiger partial charge in [-0.15, -0.1) is 0 Å². The summed E-state index contributed by atoms with van der Waals surface area (Å²) in [5.41, 5.74) is -1.18. The molecular weight excluding hydrogens is 423 g/mol. The van der Waals surface area contributed by atoms with E-state index in [9.17, 15) is 19.7 Å². The molecule has 0 aliphatic rings. The van der Waals surface area contributed by atoms with Crippen LogP contribution in [0.2, 0.25) is 10.0 Å². The molecule has 0 atom stereocenters. The van der Waals surface area contributed by atoms with Crippen molar-refractivity contribution >= 4 is 34.8 Å². The second-order valence-electron chi connectivity index (χ2n) is 7.09. The van der Waals surface area contributed by atoms with Crippen LogP contribution < -0.4 is 15.6 Å². The fourth-order valence-electron chi connectivity index (χ4n) is 2.35. The Labute approximate surface area is 176 Å². The summed E-state index contributed by atoms with van der Waals surface area (Å²) in [7, 11) is 0. The molecule has 1 N–H and O–H groups in total. The van der Waals surface area contributed by atoms with Crippen LogP contribution in [0.1, 0.15) is 37.6 Å². The first kappa shape index (κ1) is 22.6. The summed E-state index contributed by atoms with van der Waals surface area (Å²) in [6.45, 7) is 5.88. The van der Waals surface area contributed by atoms with Gasteiger partial charge in [-0.3, -0.25) is 19.7 Å². The maximum absolute atomic E-state index is 12.2. The number of nitrogens with zero attached hydrogens (tertiary/aromatic N) is 3. The molecule has 1 aromatic heterocycles. The molecule has 1 aromatic carbocycles. The van der Waals surface area contributed by atoms with Crippen LogP contribution in [-0.4, -0.2) is 33.8 Å². The number of nitrogens with one attached hydrogen (secondary N) is 1. The van der Waals surface area contributed by atoms with Crippen LogP contribution in [0.4, 0.5) is 5.69 Å². The molecule has 0 radical (unpaired) electrons. The van der Waals surface area contributed by atoms with Crippen LogP contribution in [-0.2, 0) is 5.54 Å². The van der Waals surface area contributed by atoms with Crippen molar-refractivity contribution in [3.63, 3.8) is 0 Å². The number of rotatable bonds is 7. The van der Waals surface area contributed by atoms with Crippen LogP contribution in [0, 0.1) is 10.1 Å². The number of nitro benzene ring substituents is 1. The van der Waals surface area contributed by atoms with Crippen LogP contribution in [0.25, 0.3) is 0 Å². The summed E-state index contributed by atoms with van der Waals surface area (Å²) in [6, 6.07) is 3.63. The van der Waals surface area contributed by atoms with Gasteiger partial charge in [-0.25, -0.2) is 4.68 Å². The topological polar surface area (TPSA) is 116 Å². The van der Waals surface area contributed by atoms with Crippen molar-refractivity contribution in [2.24, 2.45) is 0 Å². The SMILES string of the molecule is CC(C)(C)n1ncc(OCCCNC(=O)c2cc([N+](=O)[O-])ccc2Cl)c(Cl)c1=O. The van der Waals surface area contributed by atoms with Crippen molar-refractivity contribution in [3.05, 3.63) is 60.5 Å². The minimum absolute atomic E-state index is 0.0137. The van der Waals surface area contributed by atoms with E-state index in [1.165, 1.54) is 23.0 Å². The van der Waals surface area contributed by atoms with E-state index in [1.807, 2.05) is 20.8 Å². The Balaban J connectivity index is 1.90. The Bertz CT molecular complexity index is 985. The molecule has 0 saturated carbocycles. The lowest BCUT2D eigenvalue weighted by Crippen LogP contribution is -2.36. The molecule has 9 nitrogen and oxygen atoms in total. The van der Waals surface area contributed by atoms with Crippen molar-refractivity contribution in [2.45, 2.75) is 32.7 Å². The van der Waals surface area contributed by atoms with Crippen LogP contribution in [0.5, 0.6) is 5.75 Å². The summed E-state index contributed by atoms with van der Waals surface area (Å²) < 4.78 is 6.74. The summed E-state index contributed by atoms with van der Waals surface area (Å²) >= 11 is 12.0. The van der Waals surface area contributed by atoms with Crippen molar-refractivity contribution in [1.29, 1.82) is 0 Å². The second kappa shape index (κ2) is 9.23.